The van der Waals surface area contributed by atoms with E-state index in [1.54, 1.807) is 0 Å². The van der Waals surface area contributed by atoms with Crippen LogP contribution in [0.15, 0.2) is 30.3 Å². The Labute approximate surface area is 143 Å². The highest BCUT2D eigenvalue weighted by molar-refractivity contribution is 5.79. The van der Waals surface area contributed by atoms with Crippen molar-refractivity contribution in [2.45, 2.75) is 12.0 Å². The van der Waals surface area contributed by atoms with Gasteiger partial charge in [-0.1, -0.05) is 30.3 Å². The van der Waals surface area contributed by atoms with Crippen LogP contribution in [0.2, 0.25) is 0 Å². The lowest BCUT2D eigenvalue weighted by Crippen LogP contribution is -2.57. The molecule has 0 saturated carbocycles. The van der Waals surface area contributed by atoms with Crippen LogP contribution in [0.25, 0.3) is 0 Å². The third-order valence-electron chi connectivity index (χ3n) is 4.68. The number of β-amino-alcohol motifs (C(OH)–C–C–N with tert-alkyl or cyclic N) is 1. The number of aliphatic hydroxyl groups is 1. The van der Waals surface area contributed by atoms with E-state index < -0.39 is 5.60 Å². The average Bonchev–Trinajstić information content (AvgIpc) is 2.79. The molecule has 2 aliphatic heterocycles. The predicted molar refractivity (Wildman–Crippen MR) is 91.8 cm³/mol. The van der Waals surface area contributed by atoms with Gasteiger partial charge >= 0.3 is 0 Å². The van der Waals surface area contributed by atoms with Crippen LogP contribution in [-0.4, -0.2) is 85.4 Å². The number of piperazine rings is 1. The third kappa shape index (κ3) is 4.77. The molecule has 2 saturated heterocycles. The van der Waals surface area contributed by atoms with Crippen LogP contribution in [0.3, 0.4) is 0 Å². The number of nitrogens with one attached hydrogen (secondary N) is 1. The van der Waals surface area contributed by atoms with Gasteiger partial charge in [-0.3, -0.25) is 9.69 Å². The molecule has 1 atom stereocenters. The van der Waals surface area contributed by atoms with Gasteiger partial charge in [-0.2, -0.15) is 0 Å². The van der Waals surface area contributed by atoms with Gasteiger partial charge in [0, 0.05) is 39.3 Å². The van der Waals surface area contributed by atoms with E-state index in [-0.39, 0.29) is 5.91 Å². The largest absolute Gasteiger partial charge is 0.385 e. The third-order valence-corrected chi connectivity index (χ3v) is 4.68. The highest BCUT2D eigenvalue weighted by Crippen LogP contribution is 2.13. The molecule has 0 unspecified atom stereocenters. The summed E-state index contributed by atoms with van der Waals surface area (Å²) in [6, 6.07) is 10.2. The molecular weight excluding hydrogens is 306 g/mol. The van der Waals surface area contributed by atoms with Crippen molar-refractivity contribution in [1.82, 2.24) is 15.1 Å². The summed E-state index contributed by atoms with van der Waals surface area (Å²) in [5.41, 5.74) is 0.340. The van der Waals surface area contributed by atoms with Crippen molar-refractivity contribution in [1.29, 1.82) is 0 Å². The summed E-state index contributed by atoms with van der Waals surface area (Å²) in [4.78, 5) is 16.4. The van der Waals surface area contributed by atoms with Crippen molar-refractivity contribution >= 4 is 5.91 Å². The number of rotatable bonds is 5. The van der Waals surface area contributed by atoms with Gasteiger partial charge in [0.2, 0.25) is 5.91 Å². The molecule has 0 radical (unpaired) electrons. The second-order valence-electron chi connectivity index (χ2n) is 6.78. The molecule has 2 heterocycles. The Morgan fingerprint density at radius 3 is 2.88 bits per heavy atom. The van der Waals surface area contributed by atoms with Gasteiger partial charge in [0.05, 0.1) is 19.8 Å². The van der Waals surface area contributed by atoms with Crippen molar-refractivity contribution < 1.29 is 14.6 Å². The van der Waals surface area contributed by atoms with Gasteiger partial charge in [0.15, 0.2) is 0 Å². The molecule has 1 aromatic rings. The number of amides is 1. The molecule has 2 N–H and O–H groups in total. The molecule has 2 fully saturated rings. The van der Waals surface area contributed by atoms with E-state index in [2.05, 4.69) is 17.4 Å². The first-order chi connectivity index (χ1) is 11.6. The van der Waals surface area contributed by atoms with E-state index in [1.165, 1.54) is 5.56 Å². The first-order valence-corrected chi connectivity index (χ1v) is 8.70. The lowest BCUT2D eigenvalue weighted by molar-refractivity contribution is -0.138. The normalized spacial score (nSPS) is 26.4. The first kappa shape index (κ1) is 17.4. The zero-order valence-corrected chi connectivity index (χ0v) is 14.1. The lowest BCUT2D eigenvalue weighted by atomic mass is 10.0. The highest BCUT2D eigenvalue weighted by atomic mass is 16.5. The molecule has 0 bridgehead atoms. The highest BCUT2D eigenvalue weighted by Gasteiger charge is 2.34. The fourth-order valence-corrected chi connectivity index (χ4v) is 3.33. The molecular formula is C18H27N3O3. The van der Waals surface area contributed by atoms with Crippen LogP contribution in [0, 0.1) is 0 Å². The van der Waals surface area contributed by atoms with Gasteiger partial charge < -0.3 is 20.1 Å². The molecule has 24 heavy (non-hydrogen) atoms. The minimum absolute atomic E-state index is 0.142. The van der Waals surface area contributed by atoms with Crippen LogP contribution in [-0.2, 0) is 16.0 Å². The Kier molecular flexibility index (Phi) is 5.84. The summed E-state index contributed by atoms with van der Waals surface area (Å²) in [6.07, 6.45) is 0.883. The Morgan fingerprint density at radius 2 is 2.08 bits per heavy atom. The maximum absolute atomic E-state index is 12.4. The molecule has 0 aliphatic carbocycles. The minimum atomic E-state index is -0.914. The summed E-state index contributed by atoms with van der Waals surface area (Å²) in [6.45, 7) is 5.32. The molecule has 3 rings (SSSR count). The van der Waals surface area contributed by atoms with Gasteiger partial charge in [-0.05, 0) is 12.0 Å². The lowest BCUT2D eigenvalue weighted by Gasteiger charge is -2.38. The summed E-state index contributed by atoms with van der Waals surface area (Å²) >= 11 is 0. The fourth-order valence-electron chi connectivity index (χ4n) is 3.33. The summed E-state index contributed by atoms with van der Waals surface area (Å²) in [5, 5.41) is 13.8. The Hall–Kier alpha value is -1.47. The molecule has 0 aromatic heterocycles. The number of hydrogen-bond donors (Lipinski definition) is 2. The van der Waals surface area contributed by atoms with E-state index in [0.717, 1.165) is 32.6 Å². The molecule has 6 nitrogen and oxygen atoms in total. The summed E-state index contributed by atoms with van der Waals surface area (Å²) in [5.74, 6) is 0.142. The Bertz CT molecular complexity index is 530. The second-order valence-corrected chi connectivity index (χ2v) is 6.78. The first-order valence-electron chi connectivity index (χ1n) is 8.70. The predicted octanol–water partition coefficient (Wildman–Crippen LogP) is -0.276. The Balaban J connectivity index is 1.47. The topological polar surface area (TPSA) is 65.0 Å². The molecule has 6 heteroatoms. The number of carbonyl (C=O) groups excluding carboxylic acids is 1. The molecule has 0 spiro atoms. The van der Waals surface area contributed by atoms with Gasteiger partial charge in [0.25, 0.3) is 0 Å². The van der Waals surface area contributed by atoms with Crippen molar-refractivity contribution in [2.24, 2.45) is 0 Å². The smallest absolute Gasteiger partial charge is 0.236 e. The quantitative estimate of drug-likeness (QED) is 0.776. The molecule has 132 valence electrons. The number of nitrogens with zero attached hydrogens (tertiary/aromatic N) is 2. The van der Waals surface area contributed by atoms with Crippen molar-refractivity contribution in [3.05, 3.63) is 35.9 Å². The van der Waals surface area contributed by atoms with E-state index in [1.807, 2.05) is 28.0 Å². The Morgan fingerprint density at radius 1 is 1.25 bits per heavy atom. The van der Waals surface area contributed by atoms with E-state index in [4.69, 9.17) is 4.74 Å². The van der Waals surface area contributed by atoms with Gasteiger partial charge in [-0.25, -0.2) is 0 Å². The maximum atomic E-state index is 12.4. The molecule has 1 amide bonds. The van der Waals surface area contributed by atoms with E-state index >= 15 is 0 Å². The van der Waals surface area contributed by atoms with Gasteiger partial charge in [0.1, 0.15) is 5.60 Å². The van der Waals surface area contributed by atoms with E-state index in [9.17, 15) is 9.90 Å². The van der Waals surface area contributed by atoms with Gasteiger partial charge in [-0.15, -0.1) is 0 Å². The molecule has 2 aliphatic rings. The number of benzene rings is 1. The van der Waals surface area contributed by atoms with Crippen LogP contribution >= 0.6 is 0 Å². The summed E-state index contributed by atoms with van der Waals surface area (Å²) < 4.78 is 5.45. The van der Waals surface area contributed by atoms with Crippen molar-refractivity contribution in [3.63, 3.8) is 0 Å². The fraction of sp³-hybridized carbons (Fsp3) is 0.611. The zero-order chi connectivity index (χ0) is 16.8. The van der Waals surface area contributed by atoms with Crippen molar-refractivity contribution in [2.75, 3.05) is 59.0 Å². The number of hydrogen-bond acceptors (Lipinski definition) is 5. The maximum Gasteiger partial charge on any atom is 0.236 e. The van der Waals surface area contributed by atoms with Crippen LogP contribution < -0.4 is 5.32 Å². The standard InChI is InChI=1S/C18H27N3O3/c22-17-12-20(14-18(23)13-19-7-11-24-15-18)9-10-21(17)8-6-16-4-2-1-3-5-16/h1-5,19,23H,6-15H2/t18-/m0/s1. The van der Waals surface area contributed by atoms with Crippen LogP contribution in [0.1, 0.15) is 5.56 Å². The SMILES string of the molecule is O=C1CN(C[C@@]2(O)CNCCOC2)CCN1CCc1ccccc1. The summed E-state index contributed by atoms with van der Waals surface area (Å²) in [7, 11) is 0. The minimum Gasteiger partial charge on any atom is -0.385 e. The van der Waals surface area contributed by atoms with E-state index in [0.29, 0.717) is 32.8 Å². The molecule has 1 aromatic carbocycles. The number of carbonyl (C=O) groups is 1. The van der Waals surface area contributed by atoms with Crippen LogP contribution in [0.4, 0.5) is 0 Å². The second kappa shape index (κ2) is 8.07. The number of ether oxygens (including phenoxy) is 1. The monoisotopic (exact) mass is 333 g/mol. The zero-order valence-electron chi connectivity index (χ0n) is 14.1. The van der Waals surface area contributed by atoms with Crippen LogP contribution in [0.5, 0.6) is 0 Å². The average molecular weight is 333 g/mol. The van der Waals surface area contributed by atoms with Crippen molar-refractivity contribution in [3.8, 4) is 0 Å².